The minimum atomic E-state index is -2.88. The Hall–Kier alpha value is -3.16. The number of para-hydroxylation sites is 1. The molecule has 150 valence electrons. The van der Waals surface area contributed by atoms with Gasteiger partial charge >= 0.3 is 6.61 Å². The summed E-state index contributed by atoms with van der Waals surface area (Å²) in [5.41, 5.74) is 1.10. The van der Waals surface area contributed by atoms with Crippen LogP contribution in [0.4, 0.5) is 8.78 Å². The molecule has 0 aromatic heterocycles. The van der Waals surface area contributed by atoms with E-state index >= 15 is 0 Å². The lowest BCUT2D eigenvalue weighted by Crippen LogP contribution is -2.37. The third kappa shape index (κ3) is 6.22. The molecule has 0 atom stereocenters. The molecule has 0 aliphatic heterocycles. The predicted molar refractivity (Wildman–Crippen MR) is 99.5 cm³/mol. The molecule has 2 aromatic carbocycles. The molecule has 6 nitrogen and oxygen atoms in total. The summed E-state index contributed by atoms with van der Waals surface area (Å²) in [6.45, 7) is -0.555. The number of hydrogen-bond donors (Lipinski definition) is 1. The Balaban J connectivity index is 1.88. The lowest BCUT2D eigenvalue weighted by molar-refractivity contribution is -0.129. The Kier molecular flexibility index (Phi) is 7.74. The van der Waals surface area contributed by atoms with Crippen molar-refractivity contribution in [1.29, 1.82) is 0 Å². The summed E-state index contributed by atoms with van der Waals surface area (Å²) in [7, 11) is 1.59. The molecule has 1 N–H and O–H groups in total. The summed E-state index contributed by atoms with van der Waals surface area (Å²) >= 11 is 0. The first kappa shape index (κ1) is 21.1. The number of ether oxygens (including phenoxy) is 2. The van der Waals surface area contributed by atoms with Crippen LogP contribution in [-0.4, -0.2) is 43.5 Å². The Morgan fingerprint density at radius 3 is 2.43 bits per heavy atom. The van der Waals surface area contributed by atoms with Crippen LogP contribution in [0.25, 0.3) is 0 Å². The van der Waals surface area contributed by atoms with Gasteiger partial charge in [0.2, 0.25) is 5.91 Å². The molecule has 0 unspecified atom stereocenters. The number of carbonyl (C=O) groups excluding carboxylic acids is 2. The number of halogens is 2. The second-order valence-corrected chi connectivity index (χ2v) is 5.88. The summed E-state index contributed by atoms with van der Waals surface area (Å²) < 4.78 is 34.0. The standard InChI is InChI=1S/C20H22F2N2O4/c1-3-27-17-7-5-4-6-16(17)19(26)23-12-18(25)24(2)13-14-8-10-15(11-9-14)28-20(21)22/h4-11,20H,3,12-13H2,1-2H3,(H,23,26). The van der Waals surface area contributed by atoms with Crippen LogP contribution in [0.2, 0.25) is 0 Å². The zero-order valence-corrected chi connectivity index (χ0v) is 15.7. The van der Waals surface area contributed by atoms with Gasteiger partial charge in [0.05, 0.1) is 18.7 Å². The maximum atomic E-state index is 12.3. The number of carbonyl (C=O) groups is 2. The van der Waals surface area contributed by atoms with Gasteiger partial charge in [0.15, 0.2) is 0 Å². The second-order valence-electron chi connectivity index (χ2n) is 5.88. The lowest BCUT2D eigenvalue weighted by atomic mass is 10.2. The van der Waals surface area contributed by atoms with Crippen LogP contribution in [-0.2, 0) is 11.3 Å². The lowest BCUT2D eigenvalue weighted by Gasteiger charge is -2.18. The van der Waals surface area contributed by atoms with Crippen molar-refractivity contribution in [2.45, 2.75) is 20.1 Å². The van der Waals surface area contributed by atoms with Gasteiger partial charge in [-0.2, -0.15) is 8.78 Å². The highest BCUT2D eigenvalue weighted by Crippen LogP contribution is 2.18. The maximum Gasteiger partial charge on any atom is 0.387 e. The summed E-state index contributed by atoms with van der Waals surface area (Å²) in [6.07, 6.45) is 0. The van der Waals surface area contributed by atoms with Crippen LogP contribution >= 0.6 is 0 Å². The summed E-state index contributed by atoms with van der Waals surface area (Å²) in [6, 6.07) is 12.8. The van der Waals surface area contributed by atoms with Crippen molar-refractivity contribution in [2.75, 3.05) is 20.2 Å². The highest BCUT2D eigenvalue weighted by Gasteiger charge is 2.15. The minimum Gasteiger partial charge on any atom is -0.493 e. The van der Waals surface area contributed by atoms with E-state index < -0.39 is 12.5 Å². The van der Waals surface area contributed by atoms with Gasteiger partial charge in [0, 0.05) is 13.6 Å². The largest absolute Gasteiger partial charge is 0.493 e. The molecule has 28 heavy (non-hydrogen) atoms. The van der Waals surface area contributed by atoms with E-state index in [2.05, 4.69) is 10.1 Å². The molecule has 8 heteroatoms. The van der Waals surface area contributed by atoms with Crippen molar-refractivity contribution >= 4 is 11.8 Å². The minimum absolute atomic E-state index is 0.0490. The van der Waals surface area contributed by atoms with Crippen molar-refractivity contribution < 1.29 is 27.8 Å². The molecule has 0 aliphatic carbocycles. The Bertz CT molecular complexity index is 797. The average Bonchev–Trinajstić information content (AvgIpc) is 2.67. The van der Waals surface area contributed by atoms with Gasteiger partial charge in [-0.3, -0.25) is 9.59 Å². The van der Waals surface area contributed by atoms with Gasteiger partial charge in [-0.1, -0.05) is 24.3 Å². The Morgan fingerprint density at radius 1 is 1.11 bits per heavy atom. The number of alkyl halides is 2. The van der Waals surface area contributed by atoms with Gasteiger partial charge in [-0.25, -0.2) is 0 Å². The normalized spacial score (nSPS) is 10.5. The Morgan fingerprint density at radius 2 is 1.79 bits per heavy atom. The van der Waals surface area contributed by atoms with E-state index in [-0.39, 0.29) is 24.7 Å². The van der Waals surface area contributed by atoms with E-state index in [0.717, 1.165) is 5.56 Å². The van der Waals surface area contributed by atoms with Gasteiger partial charge < -0.3 is 19.7 Å². The van der Waals surface area contributed by atoms with Crippen LogP contribution in [0.1, 0.15) is 22.8 Å². The summed E-state index contributed by atoms with van der Waals surface area (Å²) in [4.78, 5) is 26.0. The molecular weight excluding hydrogens is 370 g/mol. The molecular formula is C20H22F2N2O4. The number of rotatable bonds is 9. The molecule has 0 heterocycles. The van der Waals surface area contributed by atoms with Crippen molar-refractivity contribution in [3.05, 3.63) is 59.7 Å². The third-order valence-corrected chi connectivity index (χ3v) is 3.83. The monoisotopic (exact) mass is 392 g/mol. The van der Waals surface area contributed by atoms with Crippen molar-refractivity contribution in [2.24, 2.45) is 0 Å². The van der Waals surface area contributed by atoms with E-state index in [4.69, 9.17) is 4.74 Å². The molecule has 2 rings (SSSR count). The Labute approximate surface area is 162 Å². The van der Waals surface area contributed by atoms with Crippen LogP contribution in [0.15, 0.2) is 48.5 Å². The van der Waals surface area contributed by atoms with Gasteiger partial charge in [0.1, 0.15) is 11.5 Å². The zero-order chi connectivity index (χ0) is 20.5. The smallest absolute Gasteiger partial charge is 0.387 e. The van der Waals surface area contributed by atoms with Gasteiger partial charge in [0.25, 0.3) is 5.91 Å². The van der Waals surface area contributed by atoms with Crippen molar-refractivity contribution in [3.63, 3.8) is 0 Å². The first-order chi connectivity index (χ1) is 13.4. The van der Waals surface area contributed by atoms with Crippen LogP contribution in [0, 0.1) is 0 Å². The average molecular weight is 392 g/mol. The SMILES string of the molecule is CCOc1ccccc1C(=O)NCC(=O)N(C)Cc1ccc(OC(F)F)cc1. The second kappa shape index (κ2) is 10.2. The quantitative estimate of drug-likeness (QED) is 0.712. The van der Waals surface area contributed by atoms with Crippen LogP contribution in [0.5, 0.6) is 11.5 Å². The van der Waals surface area contributed by atoms with E-state index in [1.807, 2.05) is 6.92 Å². The maximum absolute atomic E-state index is 12.3. The van der Waals surface area contributed by atoms with Gasteiger partial charge in [-0.05, 0) is 36.8 Å². The number of nitrogens with zero attached hydrogens (tertiary/aromatic N) is 1. The molecule has 0 saturated carbocycles. The molecule has 2 aromatic rings. The molecule has 2 amide bonds. The number of nitrogens with one attached hydrogen (secondary N) is 1. The fourth-order valence-electron chi connectivity index (χ4n) is 2.46. The highest BCUT2D eigenvalue weighted by molar-refractivity contribution is 5.98. The fourth-order valence-corrected chi connectivity index (χ4v) is 2.46. The highest BCUT2D eigenvalue weighted by atomic mass is 19.3. The summed E-state index contributed by atoms with van der Waals surface area (Å²) in [5.74, 6) is -0.197. The topological polar surface area (TPSA) is 67.9 Å². The molecule has 0 aliphatic rings. The third-order valence-electron chi connectivity index (χ3n) is 3.83. The first-order valence-electron chi connectivity index (χ1n) is 8.68. The van der Waals surface area contributed by atoms with Gasteiger partial charge in [-0.15, -0.1) is 0 Å². The molecule has 0 radical (unpaired) electrons. The zero-order valence-electron chi connectivity index (χ0n) is 15.7. The molecule has 0 saturated heterocycles. The van der Waals surface area contributed by atoms with E-state index in [9.17, 15) is 18.4 Å². The molecule has 0 spiro atoms. The number of hydrogen-bond acceptors (Lipinski definition) is 4. The number of benzene rings is 2. The number of amides is 2. The van der Waals surface area contributed by atoms with E-state index in [0.29, 0.717) is 17.9 Å². The summed E-state index contributed by atoms with van der Waals surface area (Å²) in [5, 5.41) is 2.58. The predicted octanol–water partition coefficient (Wildman–Crippen LogP) is 3.08. The van der Waals surface area contributed by atoms with Crippen LogP contribution < -0.4 is 14.8 Å². The number of likely N-dealkylation sites (N-methyl/N-ethyl adjacent to an activating group) is 1. The van der Waals surface area contributed by atoms with Crippen LogP contribution in [0.3, 0.4) is 0 Å². The molecule has 0 bridgehead atoms. The van der Waals surface area contributed by atoms with Crippen molar-refractivity contribution in [1.82, 2.24) is 10.2 Å². The van der Waals surface area contributed by atoms with Crippen molar-refractivity contribution in [3.8, 4) is 11.5 Å². The van der Waals surface area contributed by atoms with E-state index in [1.54, 1.807) is 43.4 Å². The molecule has 0 fully saturated rings. The first-order valence-corrected chi connectivity index (χ1v) is 8.68. The fraction of sp³-hybridized carbons (Fsp3) is 0.300. The van der Waals surface area contributed by atoms with E-state index in [1.165, 1.54) is 17.0 Å².